The summed E-state index contributed by atoms with van der Waals surface area (Å²) in [6.45, 7) is 5.25. The van der Waals surface area contributed by atoms with Gasteiger partial charge in [0, 0.05) is 6.54 Å². The normalized spacial score (nSPS) is 20.8. The lowest BCUT2D eigenvalue weighted by atomic mass is 9.73. The van der Waals surface area contributed by atoms with Crippen molar-refractivity contribution >= 4 is 6.09 Å². The van der Waals surface area contributed by atoms with Crippen LogP contribution in [0, 0.1) is 0 Å². The Morgan fingerprint density at radius 3 is 2.44 bits per heavy atom. The molecular formula is C11H21FN2O2. The van der Waals surface area contributed by atoms with Gasteiger partial charge in [-0.3, -0.25) is 0 Å². The van der Waals surface area contributed by atoms with E-state index >= 15 is 0 Å². The summed E-state index contributed by atoms with van der Waals surface area (Å²) in [5.41, 5.74) is 3.94. The fourth-order valence-electron chi connectivity index (χ4n) is 1.81. The molecule has 4 nitrogen and oxygen atoms in total. The highest BCUT2D eigenvalue weighted by Gasteiger charge is 2.46. The number of amides is 1. The van der Waals surface area contributed by atoms with Gasteiger partial charge in [0.15, 0.2) is 0 Å². The molecule has 0 heterocycles. The quantitative estimate of drug-likeness (QED) is 0.779. The fourth-order valence-corrected chi connectivity index (χ4v) is 1.81. The minimum atomic E-state index is -1.20. The van der Waals surface area contributed by atoms with E-state index in [1.165, 1.54) is 0 Å². The van der Waals surface area contributed by atoms with E-state index in [0.29, 0.717) is 12.8 Å². The van der Waals surface area contributed by atoms with E-state index in [9.17, 15) is 9.18 Å². The summed E-state index contributed by atoms with van der Waals surface area (Å²) in [4.78, 5) is 11.5. The highest BCUT2D eigenvalue weighted by molar-refractivity contribution is 5.69. The summed E-state index contributed by atoms with van der Waals surface area (Å²) >= 11 is 0. The van der Waals surface area contributed by atoms with Crippen LogP contribution in [0.25, 0.3) is 0 Å². The minimum Gasteiger partial charge on any atom is -0.444 e. The largest absolute Gasteiger partial charge is 0.444 e. The lowest BCUT2D eigenvalue weighted by molar-refractivity contribution is 0.0209. The van der Waals surface area contributed by atoms with E-state index in [0.717, 1.165) is 6.42 Å². The van der Waals surface area contributed by atoms with Crippen LogP contribution in [0.15, 0.2) is 0 Å². The number of carbonyl (C=O) groups is 1. The van der Waals surface area contributed by atoms with Crippen molar-refractivity contribution in [3.63, 3.8) is 0 Å². The van der Waals surface area contributed by atoms with Crippen LogP contribution in [0.5, 0.6) is 0 Å². The molecular weight excluding hydrogens is 211 g/mol. The van der Waals surface area contributed by atoms with Crippen molar-refractivity contribution in [2.45, 2.75) is 57.3 Å². The second-order valence-electron chi connectivity index (χ2n) is 5.34. The predicted octanol–water partition coefficient (Wildman–Crippen LogP) is 1.73. The highest BCUT2D eigenvalue weighted by atomic mass is 19.1. The van der Waals surface area contributed by atoms with Gasteiger partial charge in [0.05, 0.1) is 5.54 Å². The predicted molar refractivity (Wildman–Crippen MR) is 59.9 cm³/mol. The van der Waals surface area contributed by atoms with Crippen LogP contribution in [0.3, 0.4) is 0 Å². The van der Waals surface area contributed by atoms with Crippen molar-refractivity contribution < 1.29 is 13.9 Å². The third-order valence-corrected chi connectivity index (χ3v) is 2.80. The Hall–Kier alpha value is -0.840. The van der Waals surface area contributed by atoms with Crippen LogP contribution >= 0.6 is 0 Å². The Kier molecular flexibility index (Phi) is 3.78. The van der Waals surface area contributed by atoms with E-state index in [1.54, 1.807) is 20.8 Å². The van der Waals surface area contributed by atoms with E-state index < -0.39 is 23.4 Å². The average molecular weight is 232 g/mol. The molecule has 16 heavy (non-hydrogen) atoms. The first-order chi connectivity index (χ1) is 7.29. The van der Waals surface area contributed by atoms with Gasteiger partial charge in [0.2, 0.25) is 0 Å². The van der Waals surface area contributed by atoms with Gasteiger partial charge in [0.25, 0.3) is 0 Å². The number of alkyl carbamates (subject to hydrolysis) is 1. The number of carbonyl (C=O) groups excluding carboxylic acids is 1. The fraction of sp³-hybridized carbons (Fsp3) is 0.909. The average Bonchev–Trinajstić information content (AvgIpc) is 2.07. The molecule has 0 spiro atoms. The number of nitrogens with two attached hydrogens (primary N) is 1. The first-order valence-electron chi connectivity index (χ1n) is 5.64. The SMILES string of the molecule is CC(C)(C)OC(=O)NC1(C(F)CN)CCC1. The van der Waals surface area contributed by atoms with Gasteiger partial charge in [-0.2, -0.15) is 0 Å². The van der Waals surface area contributed by atoms with Crippen molar-refractivity contribution in [1.82, 2.24) is 5.32 Å². The standard InChI is InChI=1S/C11H21FN2O2/c1-10(2,3)16-9(15)14-11(5-4-6-11)8(12)7-13/h8H,4-7,13H2,1-3H3,(H,14,15). The molecule has 0 aromatic rings. The van der Waals surface area contributed by atoms with Crippen LogP contribution in [0.4, 0.5) is 9.18 Å². The van der Waals surface area contributed by atoms with Crippen LogP contribution < -0.4 is 11.1 Å². The maximum Gasteiger partial charge on any atom is 0.408 e. The van der Waals surface area contributed by atoms with Gasteiger partial charge in [-0.15, -0.1) is 0 Å². The molecule has 0 saturated heterocycles. The number of halogens is 1. The van der Waals surface area contributed by atoms with Gasteiger partial charge in [-0.25, -0.2) is 9.18 Å². The van der Waals surface area contributed by atoms with Crippen LogP contribution in [0.2, 0.25) is 0 Å². The summed E-state index contributed by atoms with van der Waals surface area (Å²) in [5.74, 6) is 0. The van der Waals surface area contributed by atoms with Gasteiger partial charge >= 0.3 is 6.09 Å². The number of alkyl halides is 1. The summed E-state index contributed by atoms with van der Waals surface area (Å²) in [6, 6.07) is 0. The Balaban J connectivity index is 2.54. The number of hydrogen-bond acceptors (Lipinski definition) is 3. The maximum atomic E-state index is 13.6. The third-order valence-electron chi connectivity index (χ3n) is 2.80. The second kappa shape index (κ2) is 4.57. The minimum absolute atomic E-state index is 0.0736. The molecule has 5 heteroatoms. The van der Waals surface area contributed by atoms with E-state index in [2.05, 4.69) is 5.32 Å². The summed E-state index contributed by atoms with van der Waals surface area (Å²) in [7, 11) is 0. The summed E-state index contributed by atoms with van der Waals surface area (Å²) < 4.78 is 18.7. The van der Waals surface area contributed by atoms with Gasteiger partial charge in [-0.1, -0.05) is 0 Å². The van der Waals surface area contributed by atoms with E-state index in [4.69, 9.17) is 10.5 Å². The topological polar surface area (TPSA) is 64.3 Å². The Morgan fingerprint density at radius 1 is 1.56 bits per heavy atom. The molecule has 1 aliphatic carbocycles. The zero-order chi connectivity index (χ0) is 12.4. The zero-order valence-electron chi connectivity index (χ0n) is 10.2. The Morgan fingerprint density at radius 2 is 2.12 bits per heavy atom. The lowest BCUT2D eigenvalue weighted by Gasteiger charge is -2.44. The smallest absolute Gasteiger partial charge is 0.408 e. The molecule has 1 aliphatic rings. The van der Waals surface area contributed by atoms with Crippen molar-refractivity contribution in [3.8, 4) is 0 Å². The van der Waals surface area contributed by atoms with Gasteiger partial charge in [-0.05, 0) is 40.0 Å². The zero-order valence-corrected chi connectivity index (χ0v) is 10.2. The van der Waals surface area contributed by atoms with Crippen molar-refractivity contribution in [1.29, 1.82) is 0 Å². The molecule has 1 unspecified atom stereocenters. The molecule has 3 N–H and O–H groups in total. The summed E-state index contributed by atoms with van der Waals surface area (Å²) in [6.07, 6.45) is 0.405. The van der Waals surface area contributed by atoms with Crippen molar-refractivity contribution in [2.75, 3.05) is 6.54 Å². The monoisotopic (exact) mass is 232 g/mol. The molecule has 1 atom stereocenters. The lowest BCUT2D eigenvalue weighted by Crippen LogP contribution is -2.62. The van der Waals surface area contributed by atoms with Crippen molar-refractivity contribution in [2.24, 2.45) is 5.73 Å². The van der Waals surface area contributed by atoms with Crippen LogP contribution in [-0.2, 0) is 4.74 Å². The molecule has 0 aromatic heterocycles. The highest BCUT2D eigenvalue weighted by Crippen LogP contribution is 2.36. The molecule has 1 rings (SSSR count). The first kappa shape index (κ1) is 13.2. The first-order valence-corrected chi connectivity index (χ1v) is 5.64. The van der Waals surface area contributed by atoms with Gasteiger partial charge in [0.1, 0.15) is 11.8 Å². The molecule has 94 valence electrons. The molecule has 1 amide bonds. The molecule has 0 aromatic carbocycles. The van der Waals surface area contributed by atoms with E-state index in [1.807, 2.05) is 0 Å². The second-order valence-corrected chi connectivity index (χ2v) is 5.34. The maximum absolute atomic E-state index is 13.6. The number of ether oxygens (including phenoxy) is 1. The van der Waals surface area contributed by atoms with Crippen molar-refractivity contribution in [3.05, 3.63) is 0 Å². The molecule has 0 bridgehead atoms. The third kappa shape index (κ3) is 3.07. The van der Waals surface area contributed by atoms with E-state index in [-0.39, 0.29) is 6.54 Å². The number of rotatable bonds is 3. The molecule has 0 radical (unpaired) electrons. The molecule has 0 aliphatic heterocycles. The Bertz CT molecular complexity index is 259. The van der Waals surface area contributed by atoms with Gasteiger partial charge < -0.3 is 15.8 Å². The summed E-state index contributed by atoms with van der Waals surface area (Å²) in [5, 5.41) is 2.62. The molecule has 1 saturated carbocycles. The van der Waals surface area contributed by atoms with Crippen LogP contribution in [0.1, 0.15) is 40.0 Å². The Labute approximate surface area is 95.7 Å². The van der Waals surface area contributed by atoms with Crippen LogP contribution in [-0.4, -0.2) is 29.9 Å². The number of hydrogen-bond donors (Lipinski definition) is 2. The number of nitrogens with one attached hydrogen (secondary N) is 1. The molecule has 1 fully saturated rings.